The van der Waals surface area contributed by atoms with Crippen LogP contribution in [0.15, 0.2) is 0 Å². The molecule has 90 valence electrons. The van der Waals surface area contributed by atoms with Crippen LogP contribution in [-0.4, -0.2) is 37.1 Å². The molecule has 1 saturated heterocycles. The van der Waals surface area contributed by atoms with Crippen LogP contribution in [0.1, 0.15) is 46.5 Å². The van der Waals surface area contributed by atoms with E-state index in [0.717, 1.165) is 12.0 Å². The van der Waals surface area contributed by atoms with Gasteiger partial charge in [0.2, 0.25) is 0 Å². The summed E-state index contributed by atoms with van der Waals surface area (Å²) in [6.45, 7) is 11.9. The summed E-state index contributed by atoms with van der Waals surface area (Å²) in [7, 11) is 0. The summed E-state index contributed by atoms with van der Waals surface area (Å²) in [5.41, 5.74) is 0. The molecule has 1 rings (SSSR count). The van der Waals surface area contributed by atoms with Crippen LogP contribution in [0.2, 0.25) is 0 Å². The van der Waals surface area contributed by atoms with Gasteiger partial charge < -0.3 is 5.32 Å². The molecule has 0 aromatic carbocycles. The minimum atomic E-state index is 0.775. The van der Waals surface area contributed by atoms with Crippen molar-refractivity contribution in [2.45, 2.75) is 52.5 Å². The van der Waals surface area contributed by atoms with Crippen LogP contribution in [0, 0.1) is 5.92 Å². The second-order valence-electron chi connectivity index (χ2n) is 4.98. The Balaban J connectivity index is 2.15. The van der Waals surface area contributed by atoms with E-state index in [0.29, 0.717) is 0 Å². The van der Waals surface area contributed by atoms with Crippen LogP contribution in [0.4, 0.5) is 0 Å². The first-order valence-corrected chi connectivity index (χ1v) is 6.72. The van der Waals surface area contributed by atoms with E-state index in [1.807, 2.05) is 0 Å². The molecule has 2 unspecified atom stereocenters. The Morgan fingerprint density at radius 1 is 1.07 bits per heavy atom. The van der Waals surface area contributed by atoms with Crippen molar-refractivity contribution in [1.29, 1.82) is 0 Å². The number of hydrogen-bond donors (Lipinski definition) is 1. The molecule has 1 fully saturated rings. The molecule has 0 spiro atoms. The van der Waals surface area contributed by atoms with E-state index in [9.17, 15) is 0 Å². The zero-order valence-electron chi connectivity index (χ0n) is 10.8. The fraction of sp³-hybridized carbons (Fsp3) is 1.00. The molecule has 2 nitrogen and oxygen atoms in total. The third-order valence-electron chi connectivity index (χ3n) is 3.70. The zero-order valence-corrected chi connectivity index (χ0v) is 10.8. The molecule has 0 aromatic rings. The van der Waals surface area contributed by atoms with Crippen molar-refractivity contribution >= 4 is 0 Å². The van der Waals surface area contributed by atoms with Crippen LogP contribution in [0.5, 0.6) is 0 Å². The predicted octanol–water partition coefficient (Wildman–Crippen LogP) is 2.50. The Morgan fingerprint density at radius 2 is 1.73 bits per heavy atom. The van der Waals surface area contributed by atoms with Crippen molar-refractivity contribution in [3.05, 3.63) is 0 Å². The van der Waals surface area contributed by atoms with Gasteiger partial charge in [-0.25, -0.2) is 0 Å². The first-order chi connectivity index (χ1) is 7.27. The lowest BCUT2D eigenvalue weighted by Gasteiger charge is -2.27. The van der Waals surface area contributed by atoms with Crippen molar-refractivity contribution in [2.24, 2.45) is 5.92 Å². The summed E-state index contributed by atoms with van der Waals surface area (Å²) >= 11 is 0. The van der Waals surface area contributed by atoms with E-state index in [1.165, 1.54) is 51.9 Å². The van der Waals surface area contributed by atoms with Crippen LogP contribution >= 0.6 is 0 Å². The highest BCUT2D eigenvalue weighted by atomic mass is 15.2. The molecule has 0 radical (unpaired) electrons. The third kappa shape index (κ3) is 4.52. The van der Waals surface area contributed by atoms with Crippen molar-refractivity contribution in [1.82, 2.24) is 10.2 Å². The quantitative estimate of drug-likeness (QED) is 0.697. The molecule has 0 amide bonds. The summed E-state index contributed by atoms with van der Waals surface area (Å²) in [5, 5.41) is 3.62. The summed E-state index contributed by atoms with van der Waals surface area (Å²) in [6.07, 6.45) is 5.38. The van der Waals surface area contributed by atoms with Crippen LogP contribution in [-0.2, 0) is 0 Å². The van der Waals surface area contributed by atoms with Gasteiger partial charge in [0, 0.05) is 12.6 Å². The Labute approximate surface area is 95.4 Å². The summed E-state index contributed by atoms with van der Waals surface area (Å²) < 4.78 is 0. The third-order valence-corrected chi connectivity index (χ3v) is 3.70. The highest BCUT2D eigenvalue weighted by molar-refractivity contribution is 4.77. The lowest BCUT2D eigenvalue weighted by atomic mass is 10.1. The van der Waals surface area contributed by atoms with E-state index in [1.54, 1.807) is 0 Å². The maximum absolute atomic E-state index is 3.62. The molecule has 1 aliphatic heterocycles. The predicted molar refractivity (Wildman–Crippen MR) is 67.2 cm³/mol. The number of likely N-dealkylation sites (tertiary alicyclic amines) is 1. The molecular weight excluding hydrogens is 184 g/mol. The van der Waals surface area contributed by atoms with Gasteiger partial charge in [-0.2, -0.15) is 0 Å². The maximum Gasteiger partial charge on any atom is 0.0218 e. The molecule has 1 N–H and O–H groups in total. The van der Waals surface area contributed by atoms with Crippen molar-refractivity contribution < 1.29 is 0 Å². The van der Waals surface area contributed by atoms with Crippen LogP contribution < -0.4 is 5.32 Å². The molecular formula is C13H28N2. The van der Waals surface area contributed by atoms with Crippen molar-refractivity contribution in [2.75, 3.05) is 26.2 Å². The van der Waals surface area contributed by atoms with Gasteiger partial charge in [0.15, 0.2) is 0 Å². The number of nitrogens with one attached hydrogen (secondary N) is 1. The normalized spacial score (nSPS) is 21.8. The Bertz CT molecular complexity index is 153. The lowest BCUT2D eigenvalue weighted by molar-refractivity contribution is 0.227. The molecule has 2 atom stereocenters. The summed E-state index contributed by atoms with van der Waals surface area (Å²) in [5.74, 6) is 0.820. The smallest absolute Gasteiger partial charge is 0.0218 e. The number of nitrogens with zero attached hydrogens (tertiary/aromatic N) is 1. The topological polar surface area (TPSA) is 15.3 Å². The van der Waals surface area contributed by atoms with E-state index in [4.69, 9.17) is 0 Å². The first kappa shape index (κ1) is 13.0. The van der Waals surface area contributed by atoms with E-state index >= 15 is 0 Å². The lowest BCUT2D eigenvalue weighted by Crippen LogP contribution is -2.41. The average molecular weight is 212 g/mol. The minimum absolute atomic E-state index is 0.775. The molecule has 0 bridgehead atoms. The van der Waals surface area contributed by atoms with Gasteiger partial charge in [0.25, 0.3) is 0 Å². The number of rotatable bonds is 7. The molecule has 0 aliphatic carbocycles. The van der Waals surface area contributed by atoms with Crippen LogP contribution in [0.3, 0.4) is 0 Å². The fourth-order valence-corrected chi connectivity index (χ4v) is 2.28. The maximum atomic E-state index is 3.62. The monoisotopic (exact) mass is 212 g/mol. The van der Waals surface area contributed by atoms with Gasteiger partial charge in [-0.3, -0.25) is 4.90 Å². The highest BCUT2D eigenvalue weighted by Crippen LogP contribution is 2.13. The Hall–Kier alpha value is -0.0800. The van der Waals surface area contributed by atoms with Crippen molar-refractivity contribution in [3.63, 3.8) is 0 Å². The standard InChI is InChI=1S/C13H28N2/c1-4-12(3)10-14-11-13(5-2)15-8-6-7-9-15/h12-14H,4-11H2,1-3H3. The summed E-state index contributed by atoms with van der Waals surface area (Å²) in [6, 6.07) is 0.775. The average Bonchev–Trinajstić information content (AvgIpc) is 2.77. The molecule has 2 heteroatoms. The van der Waals surface area contributed by atoms with Gasteiger partial charge in [-0.05, 0) is 44.8 Å². The summed E-state index contributed by atoms with van der Waals surface area (Å²) in [4.78, 5) is 2.66. The second kappa shape index (κ2) is 7.24. The first-order valence-electron chi connectivity index (χ1n) is 6.72. The van der Waals surface area contributed by atoms with Gasteiger partial charge in [0.05, 0.1) is 0 Å². The minimum Gasteiger partial charge on any atom is -0.315 e. The van der Waals surface area contributed by atoms with E-state index in [2.05, 4.69) is 31.0 Å². The fourth-order valence-electron chi connectivity index (χ4n) is 2.28. The second-order valence-corrected chi connectivity index (χ2v) is 4.98. The molecule has 1 aliphatic rings. The van der Waals surface area contributed by atoms with E-state index in [-0.39, 0.29) is 0 Å². The highest BCUT2D eigenvalue weighted by Gasteiger charge is 2.19. The van der Waals surface area contributed by atoms with Crippen LogP contribution in [0.25, 0.3) is 0 Å². The van der Waals surface area contributed by atoms with Crippen molar-refractivity contribution in [3.8, 4) is 0 Å². The van der Waals surface area contributed by atoms with Gasteiger partial charge in [-0.15, -0.1) is 0 Å². The zero-order chi connectivity index (χ0) is 11.1. The van der Waals surface area contributed by atoms with Gasteiger partial charge >= 0.3 is 0 Å². The number of hydrogen-bond acceptors (Lipinski definition) is 2. The van der Waals surface area contributed by atoms with E-state index < -0.39 is 0 Å². The molecule has 0 saturated carbocycles. The molecule has 15 heavy (non-hydrogen) atoms. The largest absolute Gasteiger partial charge is 0.315 e. The Kier molecular flexibility index (Phi) is 6.26. The van der Waals surface area contributed by atoms with Gasteiger partial charge in [-0.1, -0.05) is 27.2 Å². The SMILES string of the molecule is CCC(C)CNCC(CC)N1CCCC1. The molecule has 0 aromatic heterocycles. The Morgan fingerprint density at radius 3 is 2.27 bits per heavy atom. The molecule has 1 heterocycles. The van der Waals surface area contributed by atoms with Gasteiger partial charge in [0.1, 0.15) is 0 Å².